The van der Waals surface area contributed by atoms with Crippen LogP contribution in [0.3, 0.4) is 0 Å². The minimum Gasteiger partial charge on any atom is -0.389 e. The van der Waals surface area contributed by atoms with Crippen molar-refractivity contribution in [3.63, 3.8) is 0 Å². The van der Waals surface area contributed by atoms with Crippen molar-refractivity contribution in [2.45, 2.75) is 15.9 Å². The topological polar surface area (TPSA) is 110 Å². The number of hydrogen-bond donors (Lipinski definition) is 2. The molecule has 10 heteroatoms. The molecule has 21 heavy (non-hydrogen) atoms. The van der Waals surface area contributed by atoms with Crippen LogP contribution in [-0.2, 0) is 24.6 Å². The summed E-state index contributed by atoms with van der Waals surface area (Å²) in [4.78, 5) is -0.526. The molecule has 1 aromatic rings. The molecule has 1 rings (SSSR count). The van der Waals surface area contributed by atoms with E-state index < -0.39 is 26.0 Å². The van der Waals surface area contributed by atoms with Gasteiger partial charge < -0.3 is 9.84 Å². The molecule has 0 fully saturated rings. The van der Waals surface area contributed by atoms with Crippen LogP contribution in [0.2, 0.25) is 5.02 Å². The Kier molecular flexibility index (Phi) is 6.14. The zero-order valence-electron chi connectivity index (χ0n) is 11.4. The van der Waals surface area contributed by atoms with E-state index in [1.165, 1.54) is 19.2 Å². The number of halogens is 1. The molecule has 0 radical (unpaired) electrons. The average Bonchev–Trinajstić information content (AvgIpc) is 2.36. The molecule has 0 spiro atoms. The van der Waals surface area contributed by atoms with Gasteiger partial charge in [0.2, 0.25) is 10.0 Å². The largest absolute Gasteiger partial charge is 0.389 e. The predicted octanol–water partition coefficient (Wildman–Crippen LogP) is 0.0291. The molecule has 0 heterocycles. The lowest BCUT2D eigenvalue weighted by molar-refractivity contribution is 0.0679. The lowest BCUT2D eigenvalue weighted by Crippen LogP contribution is -2.34. The molecule has 0 bridgehead atoms. The molecule has 0 amide bonds. The van der Waals surface area contributed by atoms with Crippen molar-refractivity contribution in [2.24, 2.45) is 0 Å². The van der Waals surface area contributed by atoms with E-state index in [4.69, 9.17) is 11.6 Å². The van der Waals surface area contributed by atoms with Crippen LogP contribution in [0.4, 0.5) is 0 Å². The number of methoxy groups -OCH3 is 1. The van der Waals surface area contributed by atoms with Gasteiger partial charge in [0.15, 0.2) is 9.84 Å². The molecule has 1 atom stereocenters. The molecule has 1 aromatic carbocycles. The van der Waals surface area contributed by atoms with Crippen molar-refractivity contribution in [2.75, 3.05) is 26.5 Å². The Morgan fingerprint density at radius 2 is 1.95 bits per heavy atom. The number of rotatable bonds is 7. The fourth-order valence-electron chi connectivity index (χ4n) is 1.46. The first kappa shape index (κ1) is 18.3. The molecule has 2 N–H and O–H groups in total. The Morgan fingerprint density at radius 1 is 1.33 bits per heavy atom. The molecular formula is C11H16ClNO6S2. The Bertz CT molecular complexity index is 701. The second-order valence-corrected chi connectivity index (χ2v) is 8.48. The summed E-state index contributed by atoms with van der Waals surface area (Å²) in [5, 5.41) is 9.32. The Hall–Kier alpha value is -0.710. The fourth-order valence-corrected chi connectivity index (χ4v) is 3.77. The van der Waals surface area contributed by atoms with E-state index >= 15 is 0 Å². The first-order chi connectivity index (χ1) is 9.58. The smallest absolute Gasteiger partial charge is 0.242 e. The maximum Gasteiger partial charge on any atom is 0.242 e. The van der Waals surface area contributed by atoms with Gasteiger partial charge in [0.1, 0.15) is 4.90 Å². The average molecular weight is 358 g/mol. The summed E-state index contributed by atoms with van der Waals surface area (Å²) in [6, 6.07) is 3.39. The zero-order chi connectivity index (χ0) is 16.3. The predicted molar refractivity (Wildman–Crippen MR) is 77.6 cm³/mol. The van der Waals surface area contributed by atoms with E-state index in [1.807, 2.05) is 0 Å². The highest BCUT2D eigenvalue weighted by atomic mass is 35.5. The van der Waals surface area contributed by atoms with Crippen LogP contribution in [0.1, 0.15) is 0 Å². The Morgan fingerprint density at radius 3 is 2.48 bits per heavy atom. The van der Waals surface area contributed by atoms with E-state index in [0.717, 1.165) is 12.3 Å². The van der Waals surface area contributed by atoms with Crippen molar-refractivity contribution >= 4 is 31.5 Å². The van der Waals surface area contributed by atoms with Gasteiger partial charge in [-0.2, -0.15) is 0 Å². The van der Waals surface area contributed by atoms with Crippen LogP contribution in [0.15, 0.2) is 28.0 Å². The standard InChI is InChI=1S/C11H16ClNO6S2/c1-19-7-8(14)6-13-21(17,18)11-5-9(20(2,15)16)3-4-10(11)12/h3-5,8,13-14H,6-7H2,1-2H3. The second-order valence-electron chi connectivity index (χ2n) is 4.33. The maximum absolute atomic E-state index is 12.1. The van der Waals surface area contributed by atoms with Crippen LogP contribution in [0, 0.1) is 0 Å². The molecule has 0 aliphatic carbocycles. The van der Waals surface area contributed by atoms with E-state index in [1.54, 1.807) is 0 Å². The van der Waals surface area contributed by atoms with Crippen molar-refractivity contribution in [3.8, 4) is 0 Å². The number of aliphatic hydroxyl groups excluding tert-OH is 1. The number of sulfonamides is 1. The van der Waals surface area contributed by atoms with Gasteiger partial charge in [0.05, 0.1) is 22.6 Å². The first-order valence-corrected chi connectivity index (χ1v) is 9.49. The number of benzene rings is 1. The van der Waals surface area contributed by atoms with Gasteiger partial charge >= 0.3 is 0 Å². The number of aliphatic hydroxyl groups is 1. The Labute approximate surface area is 128 Å². The second kappa shape index (κ2) is 7.03. The molecule has 120 valence electrons. The summed E-state index contributed by atoms with van der Waals surface area (Å²) in [5.41, 5.74) is 0. The monoisotopic (exact) mass is 357 g/mol. The summed E-state index contributed by atoms with van der Waals surface area (Å²) in [5.74, 6) is 0. The number of nitrogens with one attached hydrogen (secondary N) is 1. The molecule has 0 aliphatic rings. The maximum atomic E-state index is 12.1. The highest BCUT2D eigenvalue weighted by molar-refractivity contribution is 7.91. The molecule has 0 saturated heterocycles. The lowest BCUT2D eigenvalue weighted by Gasteiger charge is -2.12. The third kappa shape index (κ3) is 5.20. The Balaban J connectivity index is 3.08. The molecule has 0 saturated carbocycles. The van der Waals surface area contributed by atoms with Crippen LogP contribution in [0.25, 0.3) is 0 Å². The number of sulfone groups is 1. The first-order valence-electron chi connectivity index (χ1n) is 5.74. The summed E-state index contributed by atoms with van der Waals surface area (Å²) in [7, 11) is -6.25. The summed E-state index contributed by atoms with van der Waals surface area (Å²) in [6.07, 6.45) is -0.0655. The van der Waals surface area contributed by atoms with Gasteiger partial charge in [0.25, 0.3) is 0 Å². The molecule has 7 nitrogen and oxygen atoms in total. The van der Waals surface area contributed by atoms with Gasteiger partial charge in [-0.25, -0.2) is 21.6 Å². The van der Waals surface area contributed by atoms with E-state index in [-0.39, 0.29) is 28.0 Å². The fraction of sp³-hybridized carbons (Fsp3) is 0.455. The van der Waals surface area contributed by atoms with Gasteiger partial charge in [-0.3, -0.25) is 0 Å². The molecule has 0 aliphatic heterocycles. The summed E-state index contributed by atoms with van der Waals surface area (Å²) >= 11 is 5.81. The molecule has 1 unspecified atom stereocenters. The molecular weight excluding hydrogens is 342 g/mol. The third-order valence-electron chi connectivity index (χ3n) is 2.49. The highest BCUT2D eigenvalue weighted by Crippen LogP contribution is 2.24. The number of ether oxygens (including phenoxy) is 1. The molecule has 0 aromatic heterocycles. The minimum absolute atomic E-state index is 0.0420. The zero-order valence-corrected chi connectivity index (χ0v) is 13.8. The highest BCUT2D eigenvalue weighted by Gasteiger charge is 2.21. The van der Waals surface area contributed by atoms with Gasteiger partial charge in [-0.1, -0.05) is 11.6 Å². The quantitative estimate of drug-likeness (QED) is 0.712. The van der Waals surface area contributed by atoms with Crippen molar-refractivity contribution < 1.29 is 26.7 Å². The van der Waals surface area contributed by atoms with Crippen LogP contribution < -0.4 is 4.72 Å². The van der Waals surface area contributed by atoms with Gasteiger partial charge in [0, 0.05) is 19.9 Å². The van der Waals surface area contributed by atoms with Crippen LogP contribution in [0.5, 0.6) is 0 Å². The van der Waals surface area contributed by atoms with E-state index in [9.17, 15) is 21.9 Å². The van der Waals surface area contributed by atoms with Gasteiger partial charge in [-0.05, 0) is 18.2 Å². The van der Waals surface area contributed by atoms with Crippen LogP contribution >= 0.6 is 11.6 Å². The SMILES string of the molecule is COCC(O)CNS(=O)(=O)c1cc(S(C)(=O)=O)ccc1Cl. The third-order valence-corrected chi connectivity index (χ3v) is 5.50. The van der Waals surface area contributed by atoms with E-state index in [0.29, 0.717) is 0 Å². The lowest BCUT2D eigenvalue weighted by atomic mass is 10.4. The van der Waals surface area contributed by atoms with Crippen molar-refractivity contribution in [1.82, 2.24) is 4.72 Å². The minimum atomic E-state index is -4.05. The van der Waals surface area contributed by atoms with E-state index in [2.05, 4.69) is 9.46 Å². The van der Waals surface area contributed by atoms with Crippen molar-refractivity contribution in [1.29, 1.82) is 0 Å². The van der Waals surface area contributed by atoms with Gasteiger partial charge in [-0.15, -0.1) is 0 Å². The normalized spacial score (nSPS) is 14.1. The summed E-state index contributed by atoms with van der Waals surface area (Å²) in [6.45, 7) is -0.324. The van der Waals surface area contributed by atoms with Crippen LogP contribution in [-0.4, -0.2) is 54.6 Å². The number of hydrogen-bond acceptors (Lipinski definition) is 6. The van der Waals surface area contributed by atoms with Crippen molar-refractivity contribution in [3.05, 3.63) is 23.2 Å². The summed E-state index contributed by atoms with van der Waals surface area (Å²) < 4.78 is 53.9.